The van der Waals surface area contributed by atoms with Crippen molar-refractivity contribution in [3.8, 4) is 11.5 Å². The Morgan fingerprint density at radius 1 is 1.18 bits per heavy atom. The van der Waals surface area contributed by atoms with E-state index < -0.39 is 0 Å². The summed E-state index contributed by atoms with van der Waals surface area (Å²) in [6, 6.07) is 10.3. The van der Waals surface area contributed by atoms with Gasteiger partial charge in [0.15, 0.2) is 11.5 Å². The topological polar surface area (TPSA) is 73.6 Å². The normalized spacial score (nSPS) is 11.7. The Bertz CT molecular complexity index is 707. The molecule has 1 aliphatic heterocycles. The van der Waals surface area contributed by atoms with Gasteiger partial charge in [-0.25, -0.2) is 0 Å². The molecule has 5 nitrogen and oxygen atoms in total. The summed E-state index contributed by atoms with van der Waals surface area (Å²) < 4.78 is 10.5. The molecule has 0 unspecified atom stereocenters. The lowest BCUT2D eigenvalue weighted by Gasteiger charge is -2.08. The van der Waals surface area contributed by atoms with Gasteiger partial charge in [-0.15, -0.1) is 12.4 Å². The first kappa shape index (κ1) is 16.3. The van der Waals surface area contributed by atoms with Gasteiger partial charge in [0, 0.05) is 12.2 Å². The van der Waals surface area contributed by atoms with Crippen molar-refractivity contribution in [3.63, 3.8) is 0 Å². The highest BCUT2D eigenvalue weighted by molar-refractivity contribution is 6.34. The highest BCUT2D eigenvalue weighted by Crippen LogP contribution is 2.32. The van der Waals surface area contributed by atoms with Crippen molar-refractivity contribution in [1.29, 1.82) is 0 Å². The summed E-state index contributed by atoms with van der Waals surface area (Å²) >= 11 is 6.00. The first-order valence-corrected chi connectivity index (χ1v) is 6.73. The van der Waals surface area contributed by atoms with E-state index in [9.17, 15) is 4.79 Å². The van der Waals surface area contributed by atoms with Crippen molar-refractivity contribution in [2.24, 2.45) is 0 Å². The number of halogens is 2. The summed E-state index contributed by atoms with van der Waals surface area (Å²) in [5.74, 6) is 1.12. The summed E-state index contributed by atoms with van der Waals surface area (Å²) in [6.45, 7) is 0.588. The molecule has 0 aromatic heterocycles. The molecular formula is C15H14Cl2N2O3. The maximum absolute atomic E-state index is 12.1. The van der Waals surface area contributed by atoms with Crippen LogP contribution in [0, 0.1) is 0 Å². The van der Waals surface area contributed by atoms with E-state index in [2.05, 4.69) is 5.32 Å². The van der Waals surface area contributed by atoms with Gasteiger partial charge in [-0.1, -0.05) is 17.7 Å². The maximum Gasteiger partial charge on any atom is 0.253 e. The number of nitrogen functional groups attached to an aromatic ring is 1. The molecule has 0 spiro atoms. The summed E-state index contributed by atoms with van der Waals surface area (Å²) in [5.41, 5.74) is 7.43. The molecule has 3 N–H and O–H groups in total. The zero-order chi connectivity index (χ0) is 14.8. The molecule has 22 heavy (non-hydrogen) atoms. The second kappa shape index (κ2) is 6.77. The van der Waals surface area contributed by atoms with Crippen LogP contribution >= 0.6 is 24.0 Å². The molecule has 7 heteroatoms. The Hall–Kier alpha value is -2.11. The van der Waals surface area contributed by atoms with E-state index in [1.165, 1.54) is 0 Å². The fraction of sp³-hybridized carbons (Fsp3) is 0.133. The molecule has 2 aromatic carbocycles. The molecule has 116 valence electrons. The quantitative estimate of drug-likeness (QED) is 0.842. The summed E-state index contributed by atoms with van der Waals surface area (Å²) in [5, 5.41) is 3.17. The Morgan fingerprint density at radius 2 is 1.95 bits per heavy atom. The minimum Gasteiger partial charge on any atom is -0.454 e. The molecule has 1 heterocycles. The van der Waals surface area contributed by atoms with E-state index in [1.807, 2.05) is 18.2 Å². The summed E-state index contributed by atoms with van der Waals surface area (Å²) in [4.78, 5) is 12.1. The summed E-state index contributed by atoms with van der Waals surface area (Å²) in [6.07, 6.45) is 0. The number of anilines is 1. The summed E-state index contributed by atoms with van der Waals surface area (Å²) in [7, 11) is 0. The highest BCUT2D eigenvalue weighted by atomic mass is 35.5. The van der Waals surface area contributed by atoms with Crippen LogP contribution in [0.15, 0.2) is 36.4 Å². The largest absolute Gasteiger partial charge is 0.454 e. The van der Waals surface area contributed by atoms with Crippen molar-refractivity contribution in [2.75, 3.05) is 12.5 Å². The van der Waals surface area contributed by atoms with Crippen LogP contribution in [0.3, 0.4) is 0 Å². The number of benzene rings is 2. The fourth-order valence-electron chi connectivity index (χ4n) is 2.05. The smallest absolute Gasteiger partial charge is 0.253 e. The molecule has 3 rings (SSSR count). The molecular weight excluding hydrogens is 327 g/mol. The van der Waals surface area contributed by atoms with E-state index in [0.717, 1.165) is 5.56 Å². The molecule has 0 atom stereocenters. The van der Waals surface area contributed by atoms with Crippen molar-refractivity contribution < 1.29 is 14.3 Å². The van der Waals surface area contributed by atoms with Gasteiger partial charge in [-0.3, -0.25) is 4.79 Å². The van der Waals surface area contributed by atoms with Crippen LogP contribution in [0.1, 0.15) is 15.9 Å². The third-order valence-corrected chi connectivity index (χ3v) is 3.45. The third-order valence-electron chi connectivity index (χ3n) is 3.13. The maximum atomic E-state index is 12.1. The van der Waals surface area contributed by atoms with Gasteiger partial charge in [0.2, 0.25) is 6.79 Å². The van der Waals surface area contributed by atoms with E-state index >= 15 is 0 Å². The highest BCUT2D eigenvalue weighted by Gasteiger charge is 2.14. The van der Waals surface area contributed by atoms with Crippen LogP contribution in [0.4, 0.5) is 5.69 Å². The predicted octanol–water partition coefficient (Wildman–Crippen LogP) is 3.00. The molecule has 0 saturated heterocycles. The van der Waals surface area contributed by atoms with Crippen LogP contribution in [-0.2, 0) is 6.54 Å². The monoisotopic (exact) mass is 340 g/mol. The lowest BCUT2D eigenvalue weighted by molar-refractivity contribution is 0.0951. The zero-order valence-electron chi connectivity index (χ0n) is 11.5. The van der Waals surface area contributed by atoms with Crippen LogP contribution < -0.4 is 20.5 Å². The number of carbonyl (C=O) groups is 1. The molecule has 1 amide bonds. The van der Waals surface area contributed by atoms with E-state index in [0.29, 0.717) is 34.3 Å². The Kier molecular flexibility index (Phi) is 5.00. The molecule has 2 aromatic rings. The van der Waals surface area contributed by atoms with Gasteiger partial charge in [-0.05, 0) is 35.9 Å². The molecule has 0 bridgehead atoms. The van der Waals surface area contributed by atoms with E-state index in [1.54, 1.807) is 18.2 Å². The van der Waals surface area contributed by atoms with Gasteiger partial charge < -0.3 is 20.5 Å². The molecule has 0 aliphatic carbocycles. The second-order valence-corrected chi connectivity index (χ2v) is 5.02. The van der Waals surface area contributed by atoms with Crippen LogP contribution in [0.2, 0.25) is 5.02 Å². The first-order chi connectivity index (χ1) is 10.1. The van der Waals surface area contributed by atoms with Gasteiger partial charge in [0.05, 0.1) is 10.6 Å². The number of nitrogens with one attached hydrogen (secondary N) is 1. The Labute approximate surface area is 138 Å². The average molecular weight is 341 g/mol. The Balaban J connectivity index is 0.00000176. The van der Waals surface area contributed by atoms with Gasteiger partial charge in [0.25, 0.3) is 5.91 Å². The Morgan fingerprint density at radius 3 is 2.77 bits per heavy atom. The molecule has 0 radical (unpaired) electrons. The molecule has 1 aliphatic rings. The van der Waals surface area contributed by atoms with Crippen molar-refractivity contribution in [1.82, 2.24) is 5.32 Å². The number of hydrogen-bond donors (Lipinski definition) is 2. The second-order valence-electron chi connectivity index (χ2n) is 4.61. The number of fused-ring (bicyclic) bond motifs is 1. The lowest BCUT2D eigenvalue weighted by atomic mass is 10.1. The number of carbonyl (C=O) groups excluding carboxylic acids is 1. The van der Waals surface area contributed by atoms with Crippen molar-refractivity contribution in [2.45, 2.75) is 6.54 Å². The van der Waals surface area contributed by atoms with Crippen LogP contribution in [0.25, 0.3) is 0 Å². The molecule has 0 fully saturated rings. The van der Waals surface area contributed by atoms with Gasteiger partial charge in [0.1, 0.15) is 0 Å². The first-order valence-electron chi connectivity index (χ1n) is 6.35. The molecule has 0 saturated carbocycles. The number of rotatable bonds is 3. The number of ether oxygens (including phenoxy) is 2. The van der Waals surface area contributed by atoms with Crippen LogP contribution in [0.5, 0.6) is 11.5 Å². The van der Waals surface area contributed by atoms with Crippen LogP contribution in [-0.4, -0.2) is 12.7 Å². The predicted molar refractivity (Wildman–Crippen MR) is 86.8 cm³/mol. The van der Waals surface area contributed by atoms with E-state index in [4.69, 9.17) is 26.8 Å². The van der Waals surface area contributed by atoms with Crippen molar-refractivity contribution in [3.05, 3.63) is 52.5 Å². The van der Waals surface area contributed by atoms with Gasteiger partial charge in [-0.2, -0.15) is 0 Å². The van der Waals surface area contributed by atoms with E-state index in [-0.39, 0.29) is 25.1 Å². The number of nitrogens with two attached hydrogens (primary N) is 1. The number of hydrogen-bond acceptors (Lipinski definition) is 4. The average Bonchev–Trinajstić information content (AvgIpc) is 2.94. The number of amides is 1. The minimum atomic E-state index is -0.273. The lowest BCUT2D eigenvalue weighted by Crippen LogP contribution is -2.23. The third kappa shape index (κ3) is 3.37. The SMILES string of the molecule is Cl.Nc1ccc(Cl)c(C(=O)NCc2ccc3c(c2)OCO3)c1. The fourth-order valence-corrected chi connectivity index (χ4v) is 2.25. The van der Waals surface area contributed by atoms with Crippen molar-refractivity contribution >= 4 is 35.6 Å². The minimum absolute atomic E-state index is 0. The standard InChI is InChI=1S/C15H13ClN2O3.ClH/c16-12-3-2-10(17)6-11(12)15(19)18-7-9-1-4-13-14(5-9)21-8-20-13;/h1-6H,7-8,17H2,(H,18,19);1H. The zero-order valence-corrected chi connectivity index (χ0v) is 13.0. The van der Waals surface area contributed by atoms with Gasteiger partial charge >= 0.3 is 0 Å².